The lowest BCUT2D eigenvalue weighted by Gasteiger charge is -2.33. The van der Waals surface area contributed by atoms with Crippen LogP contribution < -0.4 is 0 Å². The second-order valence-corrected chi connectivity index (χ2v) is 7.22. The Bertz CT molecular complexity index is 780. The van der Waals surface area contributed by atoms with Crippen molar-refractivity contribution in [2.75, 3.05) is 0 Å². The van der Waals surface area contributed by atoms with E-state index < -0.39 is 23.1 Å². The maximum atomic E-state index is 11.8. The van der Waals surface area contributed by atoms with Gasteiger partial charge in [0.1, 0.15) is 5.76 Å². The fraction of sp³-hybridized carbons (Fsp3) is 0.421. The number of nitrogens with zero attached hydrogens (tertiary/aromatic N) is 1. The van der Waals surface area contributed by atoms with Gasteiger partial charge in [-0.3, -0.25) is 0 Å². The van der Waals surface area contributed by atoms with E-state index in [0.29, 0.717) is 11.3 Å². The van der Waals surface area contributed by atoms with Gasteiger partial charge in [0.05, 0.1) is 11.3 Å². The molecule has 2 rings (SSSR count). The van der Waals surface area contributed by atoms with Gasteiger partial charge in [0.2, 0.25) is 0 Å². The van der Waals surface area contributed by atoms with Crippen LogP contribution in [0, 0.1) is 13.8 Å². The van der Waals surface area contributed by atoms with Crippen molar-refractivity contribution < 1.29 is 29.1 Å². The van der Waals surface area contributed by atoms with Crippen molar-refractivity contribution in [3.63, 3.8) is 0 Å². The second-order valence-electron chi connectivity index (χ2n) is 7.22. The molecule has 2 N–H and O–H groups in total. The van der Waals surface area contributed by atoms with Crippen molar-refractivity contribution in [1.82, 2.24) is 5.16 Å². The van der Waals surface area contributed by atoms with E-state index in [4.69, 9.17) is 9.26 Å². The topological polar surface area (TPSA) is 110 Å². The van der Waals surface area contributed by atoms with Crippen LogP contribution in [0.2, 0.25) is 0 Å². The van der Waals surface area contributed by atoms with E-state index in [2.05, 4.69) is 5.16 Å². The van der Waals surface area contributed by atoms with Crippen molar-refractivity contribution in [1.29, 1.82) is 0 Å². The molecule has 0 saturated heterocycles. The molecular formula is C19H23NO6. The zero-order chi connectivity index (χ0) is 19.7. The fourth-order valence-electron chi connectivity index (χ4n) is 2.86. The number of hydrogen-bond acceptors (Lipinski definition) is 5. The van der Waals surface area contributed by atoms with Gasteiger partial charge in [-0.15, -0.1) is 0 Å². The van der Waals surface area contributed by atoms with E-state index in [1.54, 1.807) is 52.0 Å². The highest BCUT2D eigenvalue weighted by Gasteiger charge is 2.50. The first-order valence-electron chi connectivity index (χ1n) is 8.15. The Kier molecular flexibility index (Phi) is 5.23. The van der Waals surface area contributed by atoms with Gasteiger partial charge < -0.3 is 19.5 Å². The maximum Gasteiger partial charge on any atom is 0.348 e. The van der Waals surface area contributed by atoms with Gasteiger partial charge in [0.15, 0.2) is 0 Å². The number of carboxylic acids is 2. The molecule has 1 aromatic carbocycles. The Morgan fingerprint density at radius 2 is 1.62 bits per heavy atom. The Morgan fingerprint density at radius 3 is 2.00 bits per heavy atom. The molecule has 2 aromatic rings. The van der Waals surface area contributed by atoms with Gasteiger partial charge in [0, 0.05) is 12.0 Å². The number of aromatic nitrogens is 1. The van der Waals surface area contributed by atoms with Gasteiger partial charge >= 0.3 is 11.9 Å². The summed E-state index contributed by atoms with van der Waals surface area (Å²) in [5, 5.41) is 23.1. The first-order valence-corrected chi connectivity index (χ1v) is 8.15. The quantitative estimate of drug-likeness (QED) is 0.760. The van der Waals surface area contributed by atoms with Crippen LogP contribution in [0.4, 0.5) is 0 Å². The average Bonchev–Trinajstić information content (AvgIpc) is 2.85. The number of ether oxygens (including phenoxy) is 1. The molecule has 0 aliphatic heterocycles. The Hall–Kier alpha value is -2.67. The van der Waals surface area contributed by atoms with E-state index in [0.717, 1.165) is 16.8 Å². The lowest BCUT2D eigenvalue weighted by molar-refractivity contribution is -0.199. The molecule has 0 saturated carbocycles. The van der Waals surface area contributed by atoms with Crippen molar-refractivity contribution in [3.05, 3.63) is 41.3 Å². The average molecular weight is 361 g/mol. The summed E-state index contributed by atoms with van der Waals surface area (Å²) < 4.78 is 10.6. The van der Waals surface area contributed by atoms with Crippen LogP contribution >= 0.6 is 0 Å². The molecule has 0 radical (unpaired) electrons. The van der Waals surface area contributed by atoms with Gasteiger partial charge in [0.25, 0.3) is 5.60 Å². The molecular weight excluding hydrogens is 338 g/mol. The standard InChI is InChI=1S/C19H23NO6/c1-11-15(12(2)25-20-11)14-8-6-13(7-9-14)10-19(16(21)22,17(23)24)26-18(3,4)5/h6-9H,10H2,1-5H3,(H,21,22)(H,23,24). The summed E-state index contributed by atoms with van der Waals surface area (Å²) in [5.74, 6) is -2.39. The number of carbonyl (C=O) groups is 2. The molecule has 0 bridgehead atoms. The van der Waals surface area contributed by atoms with Gasteiger partial charge in [-0.2, -0.15) is 0 Å². The van der Waals surface area contributed by atoms with Crippen molar-refractivity contribution in [3.8, 4) is 11.1 Å². The molecule has 7 nitrogen and oxygen atoms in total. The molecule has 0 aliphatic rings. The third-order valence-corrected chi connectivity index (χ3v) is 3.90. The first kappa shape index (κ1) is 19.7. The molecule has 7 heteroatoms. The van der Waals surface area contributed by atoms with Crippen molar-refractivity contribution in [2.24, 2.45) is 0 Å². The molecule has 0 fully saturated rings. The minimum Gasteiger partial charge on any atom is -0.479 e. The van der Waals surface area contributed by atoms with Crippen LogP contribution in [0.15, 0.2) is 28.8 Å². The Labute approximate surface area is 151 Å². The molecule has 26 heavy (non-hydrogen) atoms. The van der Waals surface area contributed by atoms with Crippen LogP contribution in [-0.2, 0) is 20.7 Å². The van der Waals surface area contributed by atoms with Crippen LogP contribution in [0.25, 0.3) is 11.1 Å². The molecule has 0 amide bonds. The molecule has 140 valence electrons. The number of benzene rings is 1. The number of aliphatic carboxylic acids is 2. The van der Waals surface area contributed by atoms with Crippen LogP contribution in [0.5, 0.6) is 0 Å². The van der Waals surface area contributed by atoms with Crippen molar-refractivity contribution in [2.45, 2.75) is 52.2 Å². The Morgan fingerprint density at radius 1 is 1.08 bits per heavy atom. The highest BCUT2D eigenvalue weighted by Crippen LogP contribution is 2.29. The zero-order valence-electron chi connectivity index (χ0n) is 15.5. The second kappa shape index (κ2) is 6.92. The summed E-state index contributed by atoms with van der Waals surface area (Å²) in [7, 11) is 0. The van der Waals surface area contributed by atoms with Crippen LogP contribution in [-0.4, -0.2) is 38.5 Å². The number of carboxylic acid groups (broad SMARTS) is 2. The highest BCUT2D eigenvalue weighted by molar-refractivity contribution is 6.02. The third kappa shape index (κ3) is 3.94. The Balaban J connectivity index is 2.38. The predicted molar refractivity (Wildman–Crippen MR) is 94.0 cm³/mol. The molecule has 1 heterocycles. The zero-order valence-corrected chi connectivity index (χ0v) is 15.5. The molecule has 1 aromatic heterocycles. The van der Waals surface area contributed by atoms with Gasteiger partial charge in [-0.05, 0) is 45.7 Å². The largest absolute Gasteiger partial charge is 0.479 e. The summed E-state index contributed by atoms with van der Waals surface area (Å²) in [4.78, 5) is 23.5. The fourth-order valence-corrected chi connectivity index (χ4v) is 2.86. The number of rotatable bonds is 6. The van der Waals surface area contributed by atoms with E-state index in [-0.39, 0.29) is 6.42 Å². The van der Waals surface area contributed by atoms with E-state index >= 15 is 0 Å². The normalized spacial score (nSPS) is 12.2. The predicted octanol–water partition coefficient (Wildman–Crippen LogP) is 3.22. The smallest absolute Gasteiger partial charge is 0.348 e. The van der Waals surface area contributed by atoms with E-state index in [1.807, 2.05) is 6.92 Å². The first-order chi connectivity index (χ1) is 12.0. The monoisotopic (exact) mass is 361 g/mol. The lowest BCUT2D eigenvalue weighted by Crippen LogP contribution is -2.54. The summed E-state index contributed by atoms with van der Waals surface area (Å²) in [6.07, 6.45) is -0.295. The van der Waals surface area contributed by atoms with Crippen LogP contribution in [0.1, 0.15) is 37.8 Å². The third-order valence-electron chi connectivity index (χ3n) is 3.90. The summed E-state index contributed by atoms with van der Waals surface area (Å²) >= 11 is 0. The number of hydrogen-bond donors (Lipinski definition) is 2. The van der Waals surface area contributed by atoms with E-state index in [9.17, 15) is 19.8 Å². The maximum absolute atomic E-state index is 11.8. The van der Waals surface area contributed by atoms with E-state index in [1.165, 1.54) is 0 Å². The minimum absolute atomic E-state index is 0.295. The van der Waals surface area contributed by atoms with Gasteiger partial charge in [-0.1, -0.05) is 29.4 Å². The van der Waals surface area contributed by atoms with Crippen LogP contribution in [0.3, 0.4) is 0 Å². The summed E-state index contributed by atoms with van der Waals surface area (Å²) in [6, 6.07) is 6.95. The lowest BCUT2D eigenvalue weighted by atomic mass is 9.92. The van der Waals surface area contributed by atoms with Crippen molar-refractivity contribution >= 4 is 11.9 Å². The molecule has 0 atom stereocenters. The van der Waals surface area contributed by atoms with Gasteiger partial charge in [-0.25, -0.2) is 9.59 Å². The minimum atomic E-state index is -2.36. The SMILES string of the molecule is Cc1noc(C)c1-c1ccc(CC(OC(C)(C)C)(C(=O)O)C(=O)O)cc1. The number of aryl methyl sites for hydroxylation is 2. The summed E-state index contributed by atoms with van der Waals surface area (Å²) in [6.45, 7) is 8.49. The summed E-state index contributed by atoms with van der Waals surface area (Å²) in [5.41, 5.74) is -0.287. The highest BCUT2D eigenvalue weighted by atomic mass is 16.6. The molecule has 0 spiro atoms. The molecule has 0 unspecified atom stereocenters. The molecule has 0 aliphatic carbocycles.